The summed E-state index contributed by atoms with van der Waals surface area (Å²) in [4.78, 5) is 7.81. The highest BCUT2D eigenvalue weighted by atomic mass is 35.5. The van der Waals surface area contributed by atoms with Gasteiger partial charge in [0.2, 0.25) is 0 Å². The first-order valence-electron chi connectivity index (χ1n) is 4.08. The lowest BCUT2D eigenvalue weighted by atomic mass is 10.1. The summed E-state index contributed by atoms with van der Waals surface area (Å²) in [7, 11) is 1.68. The molecule has 0 saturated heterocycles. The number of hydrogen-bond donors (Lipinski definition) is 1. The van der Waals surface area contributed by atoms with Crippen LogP contribution in [0.25, 0.3) is 0 Å². The summed E-state index contributed by atoms with van der Waals surface area (Å²) in [6.07, 6.45) is 3.13. The largest absolute Gasteiger partial charge is 0.330 e. The first kappa shape index (κ1) is 14.2. The molecular weight excluding hydrogens is 174 g/mol. The van der Waals surface area contributed by atoms with Gasteiger partial charge in [-0.2, -0.15) is 0 Å². The Morgan fingerprint density at radius 3 is 2.58 bits per heavy atom. The molecule has 0 saturated carbocycles. The quantitative estimate of drug-likeness (QED) is 0.662. The predicted molar refractivity (Wildman–Crippen MR) is 55.4 cm³/mol. The van der Waals surface area contributed by atoms with E-state index in [1.165, 1.54) is 0 Å². The molecule has 0 fully saturated rings. The Morgan fingerprint density at radius 1 is 1.50 bits per heavy atom. The molecular formula is C8H18ClN3. The third-order valence-corrected chi connectivity index (χ3v) is 1.55. The van der Waals surface area contributed by atoms with Crippen LogP contribution in [0, 0.1) is 0 Å². The summed E-state index contributed by atoms with van der Waals surface area (Å²) in [5, 5.41) is 0. The second kappa shape index (κ2) is 10.6. The fourth-order valence-electron chi connectivity index (χ4n) is 0.853. The highest BCUT2D eigenvalue weighted by molar-refractivity contribution is 5.85. The summed E-state index contributed by atoms with van der Waals surface area (Å²) in [5.41, 5.74) is 5.37. The molecule has 2 N–H and O–H groups in total. The maximum atomic E-state index is 5.37. The maximum absolute atomic E-state index is 5.37. The molecule has 0 aliphatic rings. The van der Waals surface area contributed by atoms with E-state index in [0.717, 1.165) is 25.8 Å². The van der Waals surface area contributed by atoms with Gasteiger partial charge < -0.3 is 5.73 Å². The van der Waals surface area contributed by atoms with Gasteiger partial charge in [-0.3, -0.25) is 0 Å². The Hall–Kier alpha value is -0.370. The molecule has 1 atom stereocenters. The molecule has 12 heavy (non-hydrogen) atoms. The van der Waals surface area contributed by atoms with E-state index in [9.17, 15) is 0 Å². The zero-order valence-corrected chi connectivity index (χ0v) is 8.60. The van der Waals surface area contributed by atoms with Gasteiger partial charge in [-0.05, 0) is 25.8 Å². The van der Waals surface area contributed by atoms with Crippen molar-refractivity contribution in [2.24, 2.45) is 15.7 Å². The molecule has 0 aromatic heterocycles. The van der Waals surface area contributed by atoms with Gasteiger partial charge in [0.05, 0.1) is 12.1 Å². The van der Waals surface area contributed by atoms with E-state index in [-0.39, 0.29) is 12.4 Å². The van der Waals surface area contributed by atoms with Crippen molar-refractivity contribution in [2.45, 2.75) is 32.2 Å². The Balaban J connectivity index is 0. The van der Waals surface area contributed by atoms with Gasteiger partial charge >= 0.3 is 0 Å². The highest BCUT2D eigenvalue weighted by Crippen LogP contribution is 2.03. The van der Waals surface area contributed by atoms with Crippen molar-refractivity contribution in [2.75, 3.05) is 13.6 Å². The van der Waals surface area contributed by atoms with E-state index in [4.69, 9.17) is 5.73 Å². The van der Waals surface area contributed by atoms with E-state index >= 15 is 0 Å². The highest BCUT2D eigenvalue weighted by Gasteiger charge is 2.00. The van der Waals surface area contributed by atoms with E-state index in [1.807, 2.05) is 0 Å². The predicted octanol–water partition coefficient (Wildman–Crippen LogP) is 1.73. The number of halogens is 1. The minimum Gasteiger partial charge on any atom is -0.330 e. The molecule has 1 unspecified atom stereocenters. The summed E-state index contributed by atoms with van der Waals surface area (Å²) < 4.78 is 0. The van der Waals surface area contributed by atoms with Gasteiger partial charge in [0, 0.05) is 7.05 Å². The molecule has 0 aromatic carbocycles. The first-order valence-corrected chi connectivity index (χ1v) is 4.08. The van der Waals surface area contributed by atoms with Crippen LogP contribution in [0.4, 0.5) is 0 Å². The third-order valence-electron chi connectivity index (χ3n) is 1.55. The van der Waals surface area contributed by atoms with Crippen LogP contribution in [0.5, 0.6) is 0 Å². The molecule has 0 aliphatic heterocycles. The number of hydrogen-bond acceptors (Lipinski definition) is 3. The topological polar surface area (TPSA) is 50.7 Å². The molecule has 0 aromatic rings. The summed E-state index contributed by atoms with van der Waals surface area (Å²) in [6.45, 7) is 2.86. The van der Waals surface area contributed by atoms with Gasteiger partial charge in [0.1, 0.15) is 0 Å². The molecule has 0 radical (unpaired) electrons. The van der Waals surface area contributed by atoms with Crippen molar-refractivity contribution >= 4 is 18.4 Å². The van der Waals surface area contributed by atoms with Gasteiger partial charge in [-0.15, -0.1) is 12.4 Å². The molecule has 72 valence electrons. The van der Waals surface area contributed by atoms with Gasteiger partial charge in [0.25, 0.3) is 0 Å². The molecule has 0 aliphatic carbocycles. The van der Waals surface area contributed by atoms with Crippen LogP contribution < -0.4 is 5.73 Å². The van der Waals surface area contributed by atoms with Gasteiger partial charge in [-0.25, -0.2) is 9.98 Å². The van der Waals surface area contributed by atoms with Crippen LogP contribution in [0.15, 0.2) is 9.98 Å². The Bertz CT molecular complexity index is 141. The molecule has 3 nitrogen and oxygen atoms in total. The SMILES string of the molecule is CCC(CCCN)N=C=NC.Cl. The fourth-order valence-corrected chi connectivity index (χ4v) is 0.853. The lowest BCUT2D eigenvalue weighted by Gasteiger charge is -2.04. The fraction of sp³-hybridized carbons (Fsp3) is 0.875. The molecule has 4 heteroatoms. The Morgan fingerprint density at radius 2 is 2.17 bits per heavy atom. The zero-order valence-electron chi connectivity index (χ0n) is 7.79. The van der Waals surface area contributed by atoms with Crippen LogP contribution in [-0.4, -0.2) is 25.6 Å². The molecule has 0 spiro atoms. The minimum absolute atomic E-state index is 0. The van der Waals surface area contributed by atoms with Crippen LogP contribution in [0.1, 0.15) is 26.2 Å². The maximum Gasteiger partial charge on any atom is 0.0892 e. The molecule has 0 amide bonds. The monoisotopic (exact) mass is 191 g/mol. The Kier molecular flexibility index (Phi) is 12.6. The number of nitrogens with zero attached hydrogens (tertiary/aromatic N) is 2. The standard InChI is InChI=1S/C8H17N3.ClH/c1-3-8(5-4-6-9)11-7-10-2;/h8H,3-6,9H2,1-2H3;1H. The average Bonchev–Trinajstić information content (AvgIpc) is 2.05. The summed E-state index contributed by atoms with van der Waals surface area (Å²) in [5.74, 6) is 0. The van der Waals surface area contributed by atoms with Gasteiger partial charge in [-0.1, -0.05) is 6.92 Å². The van der Waals surface area contributed by atoms with Crippen molar-refractivity contribution in [3.8, 4) is 0 Å². The van der Waals surface area contributed by atoms with Crippen molar-refractivity contribution in [1.29, 1.82) is 0 Å². The van der Waals surface area contributed by atoms with Crippen molar-refractivity contribution < 1.29 is 0 Å². The van der Waals surface area contributed by atoms with Crippen LogP contribution in [0.3, 0.4) is 0 Å². The van der Waals surface area contributed by atoms with Crippen LogP contribution in [0.2, 0.25) is 0 Å². The number of rotatable bonds is 5. The lowest BCUT2D eigenvalue weighted by molar-refractivity contribution is 0.577. The van der Waals surface area contributed by atoms with Crippen LogP contribution >= 0.6 is 12.4 Å². The molecule has 0 bridgehead atoms. The zero-order chi connectivity index (χ0) is 8.53. The van der Waals surface area contributed by atoms with Crippen molar-refractivity contribution in [3.05, 3.63) is 0 Å². The third kappa shape index (κ3) is 7.73. The van der Waals surface area contributed by atoms with E-state index < -0.39 is 0 Å². The smallest absolute Gasteiger partial charge is 0.0892 e. The lowest BCUT2D eigenvalue weighted by Crippen LogP contribution is -2.06. The number of nitrogens with two attached hydrogens (primary N) is 1. The Labute approximate surface area is 80.6 Å². The second-order valence-electron chi connectivity index (χ2n) is 2.45. The van der Waals surface area contributed by atoms with Crippen molar-refractivity contribution in [3.63, 3.8) is 0 Å². The summed E-state index contributed by atoms with van der Waals surface area (Å²) in [6, 6.07) is 2.98. The molecule has 0 heterocycles. The average molecular weight is 192 g/mol. The van der Waals surface area contributed by atoms with Crippen molar-refractivity contribution in [1.82, 2.24) is 0 Å². The molecule has 0 rings (SSSR count). The normalized spacial score (nSPS) is 10.9. The van der Waals surface area contributed by atoms with E-state index in [1.54, 1.807) is 7.05 Å². The van der Waals surface area contributed by atoms with Crippen LogP contribution in [-0.2, 0) is 0 Å². The van der Waals surface area contributed by atoms with Gasteiger partial charge in [0.15, 0.2) is 0 Å². The number of aliphatic imine (C=N–C) groups is 2. The van der Waals surface area contributed by atoms with E-state index in [2.05, 4.69) is 22.9 Å². The second-order valence-corrected chi connectivity index (χ2v) is 2.45. The minimum atomic E-state index is 0. The van der Waals surface area contributed by atoms with E-state index in [0.29, 0.717) is 6.04 Å². The summed E-state index contributed by atoms with van der Waals surface area (Å²) >= 11 is 0. The first-order chi connectivity index (χ1) is 5.35.